The van der Waals surface area contributed by atoms with Crippen LogP contribution in [0.5, 0.6) is 11.5 Å². The summed E-state index contributed by atoms with van der Waals surface area (Å²) in [7, 11) is 3.26. The summed E-state index contributed by atoms with van der Waals surface area (Å²) < 4.78 is 10.5. The molecule has 1 N–H and O–H groups in total. The Labute approximate surface area is 89.6 Å². The van der Waals surface area contributed by atoms with E-state index in [9.17, 15) is 5.11 Å². The van der Waals surface area contributed by atoms with Gasteiger partial charge in [-0.15, -0.1) is 0 Å². The summed E-state index contributed by atoms with van der Waals surface area (Å²) in [6.45, 7) is 1.95. The fraction of sp³-hybridized carbons (Fsp3) is 0.500. The first-order valence-electron chi connectivity index (χ1n) is 5.07. The van der Waals surface area contributed by atoms with Crippen LogP contribution in [-0.2, 0) is 5.60 Å². The molecule has 0 heterocycles. The maximum atomic E-state index is 10.2. The number of methoxy groups -OCH3 is 2. The molecule has 1 aliphatic rings. The second kappa shape index (κ2) is 3.42. The smallest absolute Gasteiger partial charge is 0.125 e. The predicted molar refractivity (Wildman–Crippen MR) is 57.4 cm³/mol. The van der Waals surface area contributed by atoms with E-state index in [0.717, 1.165) is 35.5 Å². The molecule has 0 amide bonds. The van der Waals surface area contributed by atoms with Crippen LogP contribution in [0.25, 0.3) is 0 Å². The first-order valence-corrected chi connectivity index (χ1v) is 5.07. The molecule has 0 unspecified atom stereocenters. The van der Waals surface area contributed by atoms with Gasteiger partial charge in [0.25, 0.3) is 0 Å². The van der Waals surface area contributed by atoms with Crippen molar-refractivity contribution in [2.45, 2.75) is 25.4 Å². The van der Waals surface area contributed by atoms with Gasteiger partial charge in [0.05, 0.1) is 19.8 Å². The summed E-state index contributed by atoms with van der Waals surface area (Å²) >= 11 is 0. The van der Waals surface area contributed by atoms with Gasteiger partial charge >= 0.3 is 0 Å². The Morgan fingerprint density at radius 2 is 1.67 bits per heavy atom. The van der Waals surface area contributed by atoms with Crippen molar-refractivity contribution >= 4 is 0 Å². The quantitative estimate of drug-likeness (QED) is 0.825. The molecule has 82 valence electrons. The SMILES string of the molecule is COc1ccc(OC)c(C2(O)CC2)c1C. The number of hydrogen-bond donors (Lipinski definition) is 1. The standard InChI is InChI=1S/C12H16O3/c1-8-9(14-2)4-5-10(15-3)11(8)12(13)6-7-12/h4-5,13H,6-7H2,1-3H3. The first-order chi connectivity index (χ1) is 7.12. The van der Waals surface area contributed by atoms with E-state index in [2.05, 4.69) is 0 Å². The molecule has 3 heteroatoms. The van der Waals surface area contributed by atoms with Gasteiger partial charge in [-0.3, -0.25) is 0 Å². The highest BCUT2D eigenvalue weighted by Gasteiger charge is 2.45. The van der Waals surface area contributed by atoms with Crippen molar-refractivity contribution in [1.29, 1.82) is 0 Å². The second-order valence-electron chi connectivity index (χ2n) is 4.00. The van der Waals surface area contributed by atoms with Gasteiger partial charge in [-0.05, 0) is 31.9 Å². The van der Waals surface area contributed by atoms with Gasteiger partial charge in [0, 0.05) is 11.1 Å². The minimum Gasteiger partial charge on any atom is -0.496 e. The summed E-state index contributed by atoms with van der Waals surface area (Å²) in [5.41, 5.74) is 1.16. The molecule has 0 aliphatic heterocycles. The Morgan fingerprint density at radius 3 is 2.13 bits per heavy atom. The Bertz CT molecular complexity index is 381. The van der Waals surface area contributed by atoms with Crippen molar-refractivity contribution < 1.29 is 14.6 Å². The van der Waals surface area contributed by atoms with Crippen LogP contribution in [-0.4, -0.2) is 19.3 Å². The minimum absolute atomic E-state index is 0.691. The van der Waals surface area contributed by atoms with E-state index in [0.29, 0.717) is 0 Å². The molecule has 0 atom stereocenters. The van der Waals surface area contributed by atoms with Crippen LogP contribution in [0.1, 0.15) is 24.0 Å². The van der Waals surface area contributed by atoms with Crippen LogP contribution in [0.3, 0.4) is 0 Å². The third kappa shape index (κ3) is 1.57. The largest absolute Gasteiger partial charge is 0.496 e. The van der Waals surface area contributed by atoms with E-state index in [1.807, 2.05) is 19.1 Å². The Kier molecular flexibility index (Phi) is 2.35. The third-order valence-corrected chi connectivity index (χ3v) is 3.01. The van der Waals surface area contributed by atoms with Crippen LogP contribution < -0.4 is 9.47 Å². The number of aliphatic hydroxyl groups is 1. The molecule has 2 rings (SSSR count). The van der Waals surface area contributed by atoms with Crippen molar-refractivity contribution in [3.05, 3.63) is 23.3 Å². The van der Waals surface area contributed by atoms with Gasteiger partial charge in [0.1, 0.15) is 11.5 Å². The van der Waals surface area contributed by atoms with Crippen molar-refractivity contribution in [1.82, 2.24) is 0 Å². The normalized spacial score (nSPS) is 17.3. The van der Waals surface area contributed by atoms with Gasteiger partial charge in [-0.25, -0.2) is 0 Å². The van der Waals surface area contributed by atoms with E-state index in [-0.39, 0.29) is 0 Å². The number of hydrogen-bond acceptors (Lipinski definition) is 3. The van der Waals surface area contributed by atoms with Crippen LogP contribution >= 0.6 is 0 Å². The molecule has 15 heavy (non-hydrogen) atoms. The molecule has 1 fully saturated rings. The summed E-state index contributed by atoms with van der Waals surface area (Å²) in [5.74, 6) is 1.54. The van der Waals surface area contributed by atoms with Gasteiger partial charge in [0.15, 0.2) is 0 Å². The highest BCUT2D eigenvalue weighted by molar-refractivity contribution is 5.52. The highest BCUT2D eigenvalue weighted by Crippen LogP contribution is 2.51. The minimum atomic E-state index is -0.691. The molecule has 1 aromatic carbocycles. The fourth-order valence-corrected chi connectivity index (χ4v) is 2.01. The van der Waals surface area contributed by atoms with E-state index in [1.165, 1.54) is 0 Å². The molecule has 3 nitrogen and oxygen atoms in total. The molecule has 0 bridgehead atoms. The number of ether oxygens (including phenoxy) is 2. The summed E-state index contributed by atoms with van der Waals surface area (Å²) in [6.07, 6.45) is 1.61. The second-order valence-corrected chi connectivity index (χ2v) is 4.00. The monoisotopic (exact) mass is 208 g/mol. The lowest BCUT2D eigenvalue weighted by atomic mass is 9.99. The molecule has 1 saturated carbocycles. The van der Waals surface area contributed by atoms with E-state index in [1.54, 1.807) is 14.2 Å². The maximum Gasteiger partial charge on any atom is 0.125 e. The maximum absolute atomic E-state index is 10.2. The zero-order chi connectivity index (χ0) is 11.1. The van der Waals surface area contributed by atoms with Gasteiger partial charge in [-0.2, -0.15) is 0 Å². The first kappa shape index (κ1) is 10.3. The highest BCUT2D eigenvalue weighted by atomic mass is 16.5. The number of rotatable bonds is 3. The third-order valence-electron chi connectivity index (χ3n) is 3.01. The Morgan fingerprint density at radius 1 is 1.13 bits per heavy atom. The zero-order valence-electron chi connectivity index (χ0n) is 9.33. The van der Waals surface area contributed by atoms with E-state index in [4.69, 9.17) is 9.47 Å². The fourth-order valence-electron chi connectivity index (χ4n) is 2.01. The lowest BCUT2D eigenvalue weighted by Gasteiger charge is -2.18. The molecule has 0 radical (unpaired) electrons. The Hall–Kier alpha value is -1.22. The predicted octanol–water partition coefficient (Wildman–Crippen LogP) is 1.99. The number of benzene rings is 1. The van der Waals surface area contributed by atoms with Crippen LogP contribution in [0.15, 0.2) is 12.1 Å². The molecule has 1 aromatic rings. The average Bonchev–Trinajstić information content (AvgIpc) is 2.96. The van der Waals surface area contributed by atoms with Crippen molar-refractivity contribution in [2.24, 2.45) is 0 Å². The van der Waals surface area contributed by atoms with Gasteiger partial charge in [-0.1, -0.05) is 0 Å². The lowest BCUT2D eigenvalue weighted by molar-refractivity contribution is 0.146. The van der Waals surface area contributed by atoms with Crippen molar-refractivity contribution in [3.63, 3.8) is 0 Å². The van der Waals surface area contributed by atoms with Gasteiger partial charge < -0.3 is 14.6 Å². The molecule has 0 spiro atoms. The molecule has 1 aliphatic carbocycles. The molecule has 0 aromatic heterocycles. The average molecular weight is 208 g/mol. The molecular weight excluding hydrogens is 192 g/mol. The van der Waals surface area contributed by atoms with Crippen LogP contribution in [0.4, 0.5) is 0 Å². The topological polar surface area (TPSA) is 38.7 Å². The summed E-state index contributed by atoms with van der Waals surface area (Å²) in [4.78, 5) is 0. The van der Waals surface area contributed by atoms with Crippen LogP contribution in [0, 0.1) is 6.92 Å². The molecule has 0 saturated heterocycles. The summed E-state index contributed by atoms with van der Waals surface area (Å²) in [5, 5.41) is 10.2. The van der Waals surface area contributed by atoms with E-state index >= 15 is 0 Å². The van der Waals surface area contributed by atoms with Crippen molar-refractivity contribution in [3.8, 4) is 11.5 Å². The van der Waals surface area contributed by atoms with Crippen molar-refractivity contribution in [2.75, 3.05) is 14.2 Å². The Balaban J connectivity index is 2.56. The lowest BCUT2D eigenvalue weighted by Crippen LogP contribution is -2.10. The van der Waals surface area contributed by atoms with Gasteiger partial charge in [0.2, 0.25) is 0 Å². The van der Waals surface area contributed by atoms with Crippen LogP contribution in [0.2, 0.25) is 0 Å². The molecular formula is C12H16O3. The van der Waals surface area contributed by atoms with E-state index < -0.39 is 5.60 Å². The zero-order valence-corrected chi connectivity index (χ0v) is 9.33. The summed E-state index contributed by atoms with van der Waals surface area (Å²) in [6, 6.07) is 3.71.